The molecule has 1 aliphatic rings. The Hall–Kier alpha value is -3.60. The summed E-state index contributed by atoms with van der Waals surface area (Å²) in [7, 11) is 0. The van der Waals surface area contributed by atoms with Gasteiger partial charge in [-0.25, -0.2) is 14.4 Å². The van der Waals surface area contributed by atoms with Crippen LogP contribution in [0.1, 0.15) is 50.7 Å². The van der Waals surface area contributed by atoms with E-state index < -0.39 is 24.2 Å². The Morgan fingerprint density at radius 1 is 0.952 bits per heavy atom. The van der Waals surface area contributed by atoms with Crippen LogP contribution in [0.15, 0.2) is 60.7 Å². The first-order valence-electron chi connectivity index (χ1n) is 14.2. The van der Waals surface area contributed by atoms with Crippen molar-refractivity contribution in [3.05, 3.63) is 71.8 Å². The third kappa shape index (κ3) is 13.4. The number of hydrogen-bond acceptors (Lipinski definition) is 4. The molecule has 0 spiro atoms. The van der Waals surface area contributed by atoms with Crippen molar-refractivity contribution in [2.45, 2.75) is 64.7 Å². The molecule has 0 saturated carbocycles. The maximum Gasteiger partial charge on any atom is 0.490 e. The van der Waals surface area contributed by atoms with Gasteiger partial charge in [-0.3, -0.25) is 0 Å². The van der Waals surface area contributed by atoms with Crippen LogP contribution in [0.25, 0.3) is 0 Å². The van der Waals surface area contributed by atoms with E-state index in [0.717, 1.165) is 44.0 Å². The van der Waals surface area contributed by atoms with Crippen LogP contribution in [0.3, 0.4) is 0 Å². The fourth-order valence-electron chi connectivity index (χ4n) is 4.84. The number of carboxylic acids is 2. The molecule has 3 N–H and O–H groups in total. The molecule has 8 nitrogen and oxygen atoms in total. The predicted molar refractivity (Wildman–Crippen MR) is 154 cm³/mol. The third-order valence-corrected chi connectivity index (χ3v) is 7.03. The van der Waals surface area contributed by atoms with Crippen molar-refractivity contribution in [1.29, 1.82) is 0 Å². The van der Waals surface area contributed by atoms with E-state index in [1.54, 1.807) is 4.90 Å². The molecule has 11 heteroatoms. The summed E-state index contributed by atoms with van der Waals surface area (Å²) in [5.41, 5.74) is 2.46. The molecule has 232 valence electrons. The fourth-order valence-corrected chi connectivity index (χ4v) is 4.84. The van der Waals surface area contributed by atoms with Gasteiger partial charge >= 0.3 is 24.1 Å². The zero-order valence-corrected chi connectivity index (χ0v) is 24.2. The maximum absolute atomic E-state index is 13.1. The highest BCUT2D eigenvalue weighted by atomic mass is 19.4. The van der Waals surface area contributed by atoms with Crippen LogP contribution in [0, 0.1) is 11.8 Å². The van der Waals surface area contributed by atoms with E-state index in [1.807, 2.05) is 44.2 Å². The zero-order valence-electron chi connectivity index (χ0n) is 24.2. The van der Waals surface area contributed by atoms with Crippen LogP contribution in [-0.4, -0.2) is 76.4 Å². The predicted octanol–water partition coefficient (Wildman–Crippen LogP) is 5.68. The molecule has 3 rings (SSSR count). The summed E-state index contributed by atoms with van der Waals surface area (Å²) in [6.07, 6.45) is -0.234. The van der Waals surface area contributed by atoms with Crippen molar-refractivity contribution in [1.82, 2.24) is 15.1 Å². The molecule has 1 fully saturated rings. The average Bonchev–Trinajstić information content (AvgIpc) is 2.93. The van der Waals surface area contributed by atoms with Gasteiger partial charge in [-0.2, -0.15) is 13.2 Å². The molecular weight excluding hydrogens is 551 g/mol. The molecule has 0 unspecified atom stereocenters. The number of hydrogen-bond donors (Lipinski definition) is 3. The highest BCUT2D eigenvalue weighted by Crippen LogP contribution is 2.22. The molecule has 0 bridgehead atoms. The van der Waals surface area contributed by atoms with Gasteiger partial charge in [0.2, 0.25) is 0 Å². The molecule has 1 atom stereocenters. The molecular formula is C31H42F3N3O5. The summed E-state index contributed by atoms with van der Waals surface area (Å²) < 4.78 is 31.7. The van der Waals surface area contributed by atoms with E-state index in [-0.39, 0.29) is 11.9 Å². The topological polar surface area (TPSA) is 110 Å². The Labute approximate surface area is 245 Å². The Kier molecular flexibility index (Phi) is 14.3. The number of halogens is 3. The van der Waals surface area contributed by atoms with Gasteiger partial charge in [0.25, 0.3) is 0 Å². The first-order chi connectivity index (χ1) is 19.8. The highest BCUT2D eigenvalue weighted by molar-refractivity contribution is 5.82. The molecule has 0 radical (unpaired) electrons. The van der Waals surface area contributed by atoms with Crippen LogP contribution in [0.2, 0.25) is 0 Å². The Morgan fingerprint density at radius 3 is 1.95 bits per heavy atom. The number of nitrogens with zero attached hydrogens (tertiary/aromatic N) is 2. The van der Waals surface area contributed by atoms with E-state index >= 15 is 0 Å². The number of likely N-dealkylation sites (tertiary alicyclic amines) is 1. The minimum Gasteiger partial charge on any atom is -0.480 e. The van der Waals surface area contributed by atoms with Gasteiger partial charge in [0.15, 0.2) is 0 Å². The number of aliphatic carboxylic acids is 2. The van der Waals surface area contributed by atoms with E-state index in [0.29, 0.717) is 19.5 Å². The average molecular weight is 594 g/mol. The van der Waals surface area contributed by atoms with Crippen LogP contribution in [0.4, 0.5) is 18.0 Å². The minimum atomic E-state index is -5.08. The largest absolute Gasteiger partial charge is 0.490 e. The van der Waals surface area contributed by atoms with Crippen molar-refractivity contribution in [2.75, 3.05) is 26.2 Å². The Balaban J connectivity index is 0.000000782. The lowest BCUT2D eigenvalue weighted by Crippen LogP contribution is -2.48. The first-order valence-corrected chi connectivity index (χ1v) is 14.2. The normalized spacial score (nSPS) is 14.9. The molecule has 0 aliphatic carbocycles. The number of nitrogens with one attached hydrogen (secondary N) is 1. The third-order valence-electron chi connectivity index (χ3n) is 7.03. The van der Waals surface area contributed by atoms with Gasteiger partial charge in [0.1, 0.15) is 6.04 Å². The molecule has 2 aromatic rings. The molecule has 42 heavy (non-hydrogen) atoms. The second-order valence-electron chi connectivity index (χ2n) is 11.0. The van der Waals surface area contributed by atoms with Gasteiger partial charge in [-0.15, -0.1) is 0 Å². The van der Waals surface area contributed by atoms with Crippen molar-refractivity contribution in [3.63, 3.8) is 0 Å². The molecule has 2 aromatic carbocycles. The number of piperidine rings is 1. The van der Waals surface area contributed by atoms with E-state index in [9.17, 15) is 27.9 Å². The van der Waals surface area contributed by atoms with Gasteiger partial charge in [-0.05, 0) is 74.7 Å². The maximum atomic E-state index is 13.1. The van der Waals surface area contributed by atoms with Crippen LogP contribution in [-0.2, 0) is 22.6 Å². The lowest BCUT2D eigenvalue weighted by molar-refractivity contribution is -0.192. The number of urea groups is 1. The SMILES string of the molecule is CC(C)C[C@H](NC(=O)N(CCCN1CCC(Cc2ccccc2)CC1)Cc1ccccc1)C(=O)O.O=C(O)C(F)(F)F. The lowest BCUT2D eigenvalue weighted by atomic mass is 9.90. The fraction of sp³-hybridized carbons (Fsp3) is 0.516. The van der Waals surface area contributed by atoms with Gasteiger partial charge in [-0.1, -0.05) is 74.5 Å². The monoisotopic (exact) mass is 593 g/mol. The van der Waals surface area contributed by atoms with Crippen molar-refractivity contribution in [3.8, 4) is 0 Å². The number of rotatable bonds is 12. The van der Waals surface area contributed by atoms with Crippen molar-refractivity contribution in [2.24, 2.45) is 11.8 Å². The van der Waals surface area contributed by atoms with Crippen LogP contribution >= 0.6 is 0 Å². The molecule has 1 saturated heterocycles. The van der Waals surface area contributed by atoms with Crippen LogP contribution < -0.4 is 5.32 Å². The van der Waals surface area contributed by atoms with Gasteiger partial charge in [0.05, 0.1) is 0 Å². The zero-order chi connectivity index (χ0) is 31.1. The van der Waals surface area contributed by atoms with Gasteiger partial charge in [0, 0.05) is 13.1 Å². The highest BCUT2D eigenvalue weighted by Gasteiger charge is 2.38. The summed E-state index contributed by atoms with van der Waals surface area (Å²) in [5.74, 6) is -2.82. The number of alkyl halides is 3. The van der Waals surface area contributed by atoms with Crippen LogP contribution in [0.5, 0.6) is 0 Å². The number of carbonyl (C=O) groups excluding carboxylic acids is 1. The quantitative estimate of drug-likeness (QED) is 0.292. The minimum absolute atomic E-state index is 0.184. The Bertz CT molecular complexity index is 1090. The molecule has 1 aliphatic heterocycles. The lowest BCUT2D eigenvalue weighted by Gasteiger charge is -2.33. The number of benzene rings is 2. The van der Waals surface area contributed by atoms with Crippen molar-refractivity contribution >= 4 is 18.0 Å². The Morgan fingerprint density at radius 2 is 1.48 bits per heavy atom. The molecule has 2 amide bonds. The summed E-state index contributed by atoms with van der Waals surface area (Å²) in [5, 5.41) is 19.4. The summed E-state index contributed by atoms with van der Waals surface area (Å²) in [6.45, 7) is 8.14. The van der Waals surface area contributed by atoms with E-state index in [1.165, 1.54) is 18.4 Å². The summed E-state index contributed by atoms with van der Waals surface area (Å²) in [6, 6.07) is 19.4. The van der Waals surface area contributed by atoms with Crippen molar-refractivity contribution < 1.29 is 37.8 Å². The number of amides is 2. The van der Waals surface area contributed by atoms with E-state index in [2.05, 4.69) is 40.5 Å². The number of carbonyl (C=O) groups is 3. The van der Waals surface area contributed by atoms with E-state index in [4.69, 9.17) is 9.90 Å². The smallest absolute Gasteiger partial charge is 0.480 e. The standard InChI is InChI=1S/C29H41N3O3.C2HF3O2/c1-23(2)20-27(28(33)34)30-29(35)32(22-26-12-7-4-8-13-26)17-9-16-31-18-14-25(15-19-31)21-24-10-5-3-6-11-24;3-2(4,5)1(6)7/h3-8,10-13,23,25,27H,9,14-22H2,1-2H3,(H,30,35)(H,33,34);(H,6,7)/t27-;/m0./s1. The first kappa shape index (κ1) is 34.6. The number of carboxylic acid groups (broad SMARTS) is 2. The molecule has 0 aromatic heterocycles. The second-order valence-corrected chi connectivity index (χ2v) is 11.0. The summed E-state index contributed by atoms with van der Waals surface area (Å²) in [4.78, 5) is 37.9. The second kappa shape index (κ2) is 17.4. The molecule has 1 heterocycles. The summed E-state index contributed by atoms with van der Waals surface area (Å²) >= 11 is 0. The van der Waals surface area contributed by atoms with Gasteiger partial charge < -0.3 is 25.3 Å².